The number of benzene rings is 1. The first-order valence-electron chi connectivity index (χ1n) is 12.1. The third-order valence-corrected chi connectivity index (χ3v) is 9.12. The van der Waals surface area contributed by atoms with Crippen LogP contribution in [0.4, 0.5) is 0 Å². The van der Waals surface area contributed by atoms with Crippen molar-refractivity contribution in [2.45, 2.75) is 38.1 Å². The Bertz CT molecular complexity index is 1500. The first-order chi connectivity index (χ1) is 17.1. The number of aryl methyl sites for hydroxylation is 1. The number of aromatic nitrogens is 3. The van der Waals surface area contributed by atoms with Gasteiger partial charge in [0.25, 0.3) is 5.56 Å². The normalized spacial score (nSPS) is 15.6. The number of aromatic amines is 1. The topological polar surface area (TPSA) is 110 Å². The quantitative estimate of drug-likeness (QED) is 0.438. The number of halogens is 1. The van der Waals surface area contributed by atoms with Crippen LogP contribution in [0.15, 0.2) is 37.2 Å². The van der Waals surface area contributed by atoms with E-state index in [1.54, 1.807) is 22.8 Å². The van der Waals surface area contributed by atoms with E-state index < -0.39 is 21.3 Å². The zero-order valence-electron chi connectivity index (χ0n) is 21.0. The van der Waals surface area contributed by atoms with Crippen LogP contribution in [0.3, 0.4) is 0 Å². The number of sulfonamides is 1. The van der Waals surface area contributed by atoms with Crippen LogP contribution in [0.5, 0.6) is 5.75 Å². The fourth-order valence-corrected chi connectivity index (χ4v) is 6.58. The van der Waals surface area contributed by atoms with Crippen LogP contribution in [-0.2, 0) is 23.6 Å². The fourth-order valence-electron chi connectivity index (χ4n) is 4.40. The van der Waals surface area contributed by atoms with Crippen molar-refractivity contribution in [1.29, 1.82) is 0 Å². The molecular formula is C24H32BrN5O5S. The Morgan fingerprint density at radius 1 is 1.06 bits per heavy atom. The summed E-state index contributed by atoms with van der Waals surface area (Å²) in [6, 6.07) is 4.80. The highest BCUT2D eigenvalue weighted by atomic mass is 79.9. The van der Waals surface area contributed by atoms with Gasteiger partial charge < -0.3 is 14.6 Å². The van der Waals surface area contributed by atoms with Crippen LogP contribution in [0, 0.1) is 0 Å². The maximum atomic E-state index is 13.5. The van der Waals surface area contributed by atoms with E-state index in [1.165, 1.54) is 11.4 Å². The lowest BCUT2D eigenvalue weighted by atomic mass is 10.1. The van der Waals surface area contributed by atoms with Gasteiger partial charge in [-0.1, -0.05) is 13.8 Å². The number of likely N-dealkylation sites (N-methyl/N-ethyl adjacent to an activating group) is 1. The van der Waals surface area contributed by atoms with E-state index in [4.69, 9.17) is 4.74 Å². The zero-order valence-corrected chi connectivity index (χ0v) is 23.4. The van der Waals surface area contributed by atoms with Crippen molar-refractivity contribution >= 4 is 37.0 Å². The van der Waals surface area contributed by atoms with E-state index in [0.717, 1.165) is 11.0 Å². The maximum Gasteiger partial charge on any atom is 0.331 e. The molecule has 196 valence electrons. The van der Waals surface area contributed by atoms with Gasteiger partial charge in [0.2, 0.25) is 10.0 Å². The molecule has 0 amide bonds. The summed E-state index contributed by atoms with van der Waals surface area (Å²) in [7, 11) is -0.316. The van der Waals surface area contributed by atoms with E-state index >= 15 is 0 Å². The number of nitrogens with zero attached hydrogens (tertiary/aromatic N) is 4. The minimum Gasteiger partial charge on any atom is -0.493 e. The Morgan fingerprint density at radius 2 is 1.75 bits per heavy atom. The van der Waals surface area contributed by atoms with Gasteiger partial charge in [0, 0.05) is 45.3 Å². The van der Waals surface area contributed by atoms with Crippen molar-refractivity contribution in [2.75, 3.05) is 39.8 Å². The molecule has 12 heteroatoms. The van der Waals surface area contributed by atoms with Crippen LogP contribution in [0.25, 0.3) is 22.3 Å². The molecule has 2 aromatic heterocycles. The highest BCUT2D eigenvalue weighted by molar-refractivity contribution is 9.10. The Kier molecular flexibility index (Phi) is 7.79. The fraction of sp³-hybridized carbons (Fsp3) is 0.500. The molecule has 1 aliphatic rings. The average Bonchev–Trinajstić information content (AvgIpc) is 3.21. The molecule has 0 spiro atoms. The van der Waals surface area contributed by atoms with Gasteiger partial charge in [-0.25, -0.2) is 13.2 Å². The molecule has 1 saturated heterocycles. The summed E-state index contributed by atoms with van der Waals surface area (Å²) in [5.41, 5.74) is 0.842. The second-order valence-electron chi connectivity index (χ2n) is 9.05. The number of H-pyrrole nitrogens is 1. The largest absolute Gasteiger partial charge is 0.493 e. The Morgan fingerprint density at radius 3 is 2.39 bits per heavy atom. The highest BCUT2D eigenvalue weighted by Crippen LogP contribution is 2.39. The Balaban J connectivity index is 1.93. The lowest BCUT2D eigenvalue weighted by molar-refractivity contribution is 0.222. The molecule has 3 heterocycles. The zero-order chi connectivity index (χ0) is 26.2. The summed E-state index contributed by atoms with van der Waals surface area (Å²) >= 11 is 3.60. The van der Waals surface area contributed by atoms with Crippen LogP contribution < -0.4 is 16.0 Å². The monoisotopic (exact) mass is 581 g/mol. The lowest BCUT2D eigenvalue weighted by Gasteiger charge is -2.31. The molecular weight excluding hydrogens is 550 g/mol. The summed E-state index contributed by atoms with van der Waals surface area (Å²) in [5, 5.41) is 0. The van der Waals surface area contributed by atoms with E-state index in [1.807, 2.05) is 20.9 Å². The average molecular weight is 583 g/mol. The van der Waals surface area contributed by atoms with Gasteiger partial charge in [-0.2, -0.15) is 4.31 Å². The molecule has 36 heavy (non-hydrogen) atoms. The van der Waals surface area contributed by atoms with E-state index in [9.17, 15) is 18.0 Å². The van der Waals surface area contributed by atoms with Crippen LogP contribution in [0.1, 0.15) is 26.7 Å². The highest BCUT2D eigenvalue weighted by Gasteiger charge is 2.29. The number of nitrogens with one attached hydrogen (secondary N) is 1. The van der Waals surface area contributed by atoms with Crippen molar-refractivity contribution in [1.82, 2.24) is 23.3 Å². The van der Waals surface area contributed by atoms with Crippen molar-refractivity contribution in [2.24, 2.45) is 7.05 Å². The molecule has 0 atom stereocenters. The first kappa shape index (κ1) is 26.6. The third-order valence-electron chi connectivity index (χ3n) is 6.45. The summed E-state index contributed by atoms with van der Waals surface area (Å²) < 4.78 is 37.6. The van der Waals surface area contributed by atoms with Gasteiger partial charge in [0.05, 0.1) is 27.2 Å². The van der Waals surface area contributed by atoms with Crippen molar-refractivity contribution < 1.29 is 13.2 Å². The molecule has 0 unspecified atom stereocenters. The Labute approximate surface area is 218 Å². The molecule has 1 aromatic carbocycles. The van der Waals surface area contributed by atoms with Gasteiger partial charge >= 0.3 is 5.69 Å². The van der Waals surface area contributed by atoms with Gasteiger partial charge in [0.1, 0.15) is 11.3 Å². The van der Waals surface area contributed by atoms with E-state index in [0.29, 0.717) is 72.7 Å². The summed E-state index contributed by atoms with van der Waals surface area (Å²) in [6.45, 7) is 6.96. The second-order valence-corrected chi connectivity index (χ2v) is 11.8. The van der Waals surface area contributed by atoms with E-state index in [2.05, 4.69) is 25.8 Å². The van der Waals surface area contributed by atoms with Crippen molar-refractivity contribution in [3.8, 4) is 17.0 Å². The molecule has 1 N–H and O–H groups in total. The minimum atomic E-state index is -3.73. The van der Waals surface area contributed by atoms with Gasteiger partial charge in [-0.3, -0.25) is 13.9 Å². The predicted octanol–water partition coefficient (Wildman–Crippen LogP) is 2.59. The number of fused-ring (bicyclic) bond motifs is 1. The smallest absolute Gasteiger partial charge is 0.331 e. The summed E-state index contributed by atoms with van der Waals surface area (Å²) in [4.78, 5) is 31.2. The molecule has 10 nitrogen and oxygen atoms in total. The number of rotatable bonds is 8. The Hall–Kier alpha value is -2.41. The summed E-state index contributed by atoms with van der Waals surface area (Å²) in [5.74, 6) is 0.489. The molecule has 4 rings (SSSR count). The summed E-state index contributed by atoms with van der Waals surface area (Å²) in [6.07, 6.45) is 1.47. The second kappa shape index (κ2) is 10.5. The predicted molar refractivity (Wildman–Crippen MR) is 143 cm³/mol. The first-order valence-corrected chi connectivity index (χ1v) is 14.3. The van der Waals surface area contributed by atoms with Crippen molar-refractivity contribution in [3.63, 3.8) is 0 Å². The third kappa shape index (κ3) is 4.67. The number of ether oxygens (including phenoxy) is 1. The van der Waals surface area contributed by atoms with Gasteiger partial charge in [0.15, 0.2) is 0 Å². The van der Waals surface area contributed by atoms with E-state index in [-0.39, 0.29) is 10.4 Å². The maximum absolute atomic E-state index is 13.5. The van der Waals surface area contributed by atoms with Crippen LogP contribution >= 0.6 is 15.9 Å². The molecule has 1 aliphatic heterocycles. The number of hydrogen-bond acceptors (Lipinski definition) is 6. The molecule has 3 aromatic rings. The van der Waals surface area contributed by atoms with Crippen molar-refractivity contribution in [3.05, 3.63) is 43.5 Å². The van der Waals surface area contributed by atoms with Crippen LogP contribution in [0.2, 0.25) is 0 Å². The molecule has 0 radical (unpaired) electrons. The van der Waals surface area contributed by atoms with Crippen LogP contribution in [-0.4, -0.2) is 71.6 Å². The SMILES string of the molecule is CCCOc1ccc(S(=O)(=O)N2CCN(C)CC2)cc1-c1[nH]c2c(=O)n(C)c(=O)n(CCC)c2c1Br. The molecule has 0 bridgehead atoms. The molecule has 0 saturated carbocycles. The van der Waals surface area contributed by atoms with Gasteiger partial charge in [-0.05, 0) is 54.0 Å². The number of hydrogen-bond donors (Lipinski definition) is 1. The number of piperazine rings is 1. The standard InChI is InChI=1S/C24H32BrN5O5S/c1-5-9-30-22-19(25)20(26-21(22)23(31)28(4)24(30)32)17-15-16(7-8-18(17)35-14-6-2)36(33,34)29-12-10-27(3)11-13-29/h7-8,15,26H,5-6,9-14H2,1-4H3. The lowest BCUT2D eigenvalue weighted by Crippen LogP contribution is -2.47. The van der Waals surface area contributed by atoms with Gasteiger partial charge in [-0.15, -0.1) is 0 Å². The molecule has 0 aliphatic carbocycles. The molecule has 1 fully saturated rings. The minimum absolute atomic E-state index is 0.148.